The highest BCUT2D eigenvalue weighted by Crippen LogP contribution is 2.38. The Bertz CT molecular complexity index is 1530. The number of para-hydroxylation sites is 1. The molecule has 0 unspecified atom stereocenters. The number of anilines is 1. The van der Waals surface area contributed by atoms with Crippen LogP contribution in [0.4, 0.5) is 5.82 Å². The van der Waals surface area contributed by atoms with Crippen LogP contribution in [-0.2, 0) is 6.54 Å². The monoisotopic (exact) mass is 517 g/mol. The number of rotatable bonds is 8. The Morgan fingerprint density at radius 2 is 1.72 bits per heavy atom. The smallest absolute Gasteiger partial charge is 0.164 e. The van der Waals surface area contributed by atoms with Gasteiger partial charge < -0.3 is 14.8 Å². The lowest BCUT2D eigenvalue weighted by molar-refractivity contribution is 0.405. The Morgan fingerprint density at radius 3 is 2.50 bits per heavy atom. The number of hydrogen-bond acceptors (Lipinski definition) is 4. The lowest BCUT2D eigenvalue weighted by Crippen LogP contribution is -2.17. The fraction of sp³-hybridized carbons (Fsp3) is 0.241. The van der Waals surface area contributed by atoms with Crippen molar-refractivity contribution in [3.63, 3.8) is 0 Å². The minimum Gasteiger partial charge on any atom is -0.369 e. The lowest BCUT2D eigenvalue weighted by Gasteiger charge is -2.13. The topological polar surface area (TPSA) is 46.0 Å². The first-order valence-corrected chi connectivity index (χ1v) is 12.8. The van der Waals surface area contributed by atoms with Crippen LogP contribution >= 0.6 is 23.2 Å². The van der Waals surface area contributed by atoms with E-state index in [2.05, 4.69) is 72.3 Å². The van der Waals surface area contributed by atoms with E-state index in [0.717, 1.165) is 58.3 Å². The molecule has 0 aliphatic carbocycles. The molecule has 36 heavy (non-hydrogen) atoms. The maximum absolute atomic E-state index is 6.75. The summed E-state index contributed by atoms with van der Waals surface area (Å²) < 4.78 is 2.14. The van der Waals surface area contributed by atoms with Gasteiger partial charge in [-0.3, -0.25) is 0 Å². The third kappa shape index (κ3) is 4.92. The number of nitrogens with zero attached hydrogens (tertiary/aromatic N) is 4. The third-order valence-electron chi connectivity index (χ3n) is 6.37. The summed E-state index contributed by atoms with van der Waals surface area (Å²) in [6.45, 7) is 4.59. The van der Waals surface area contributed by atoms with E-state index in [4.69, 9.17) is 33.2 Å². The molecule has 0 aliphatic rings. The molecule has 5 rings (SSSR count). The van der Waals surface area contributed by atoms with Gasteiger partial charge in [0.2, 0.25) is 0 Å². The molecular weight excluding hydrogens is 489 g/mol. The van der Waals surface area contributed by atoms with Crippen LogP contribution < -0.4 is 5.32 Å². The molecule has 5 nitrogen and oxygen atoms in total. The largest absolute Gasteiger partial charge is 0.369 e. The van der Waals surface area contributed by atoms with Crippen molar-refractivity contribution >= 4 is 50.8 Å². The van der Waals surface area contributed by atoms with Gasteiger partial charge in [-0.15, -0.1) is 0 Å². The van der Waals surface area contributed by atoms with E-state index in [1.807, 2.05) is 30.3 Å². The van der Waals surface area contributed by atoms with Gasteiger partial charge in [0.15, 0.2) is 5.82 Å². The first kappa shape index (κ1) is 24.6. The minimum absolute atomic E-state index is 0.529. The van der Waals surface area contributed by atoms with Crippen molar-refractivity contribution in [3.8, 4) is 11.4 Å². The molecule has 2 aromatic heterocycles. The molecule has 0 aliphatic heterocycles. The number of aromatic nitrogens is 3. The summed E-state index contributed by atoms with van der Waals surface area (Å²) in [5.74, 6) is 1.52. The molecule has 0 amide bonds. The second-order valence-electron chi connectivity index (χ2n) is 9.36. The number of benzene rings is 3. The minimum atomic E-state index is 0.529. The molecule has 7 heteroatoms. The van der Waals surface area contributed by atoms with E-state index in [1.54, 1.807) is 0 Å². The highest BCUT2D eigenvalue weighted by atomic mass is 35.5. The van der Waals surface area contributed by atoms with Gasteiger partial charge in [0, 0.05) is 35.6 Å². The van der Waals surface area contributed by atoms with Gasteiger partial charge in [0.1, 0.15) is 5.82 Å². The average molecular weight is 518 g/mol. The van der Waals surface area contributed by atoms with E-state index >= 15 is 0 Å². The zero-order chi connectivity index (χ0) is 25.2. The molecule has 5 aromatic rings. The van der Waals surface area contributed by atoms with Crippen LogP contribution in [0.2, 0.25) is 10.0 Å². The Hall–Kier alpha value is -3.12. The highest BCUT2D eigenvalue weighted by Gasteiger charge is 2.19. The second-order valence-corrected chi connectivity index (χ2v) is 10.1. The fourth-order valence-corrected chi connectivity index (χ4v) is 4.99. The van der Waals surface area contributed by atoms with Crippen molar-refractivity contribution in [3.05, 3.63) is 88.0 Å². The van der Waals surface area contributed by atoms with Gasteiger partial charge in [-0.2, -0.15) is 0 Å². The summed E-state index contributed by atoms with van der Waals surface area (Å²) in [6.07, 6.45) is 3.11. The SMILES string of the molecule is Cc1cccc2c(NCCCN(C)C)nc(-c3cn(Cc4ccccc4)c4c(Cl)c(Cl)ccc34)nc12. The van der Waals surface area contributed by atoms with Gasteiger partial charge >= 0.3 is 0 Å². The van der Waals surface area contributed by atoms with E-state index in [0.29, 0.717) is 22.4 Å². The van der Waals surface area contributed by atoms with Crippen LogP contribution in [0.15, 0.2) is 66.9 Å². The molecular formula is C29H29Cl2N5. The first-order valence-electron chi connectivity index (χ1n) is 12.1. The van der Waals surface area contributed by atoms with Gasteiger partial charge in [-0.1, -0.05) is 71.7 Å². The summed E-state index contributed by atoms with van der Waals surface area (Å²) in [5.41, 5.74) is 5.05. The maximum Gasteiger partial charge on any atom is 0.164 e. The van der Waals surface area contributed by atoms with Gasteiger partial charge in [0.05, 0.1) is 21.1 Å². The molecule has 0 radical (unpaired) electrons. The van der Waals surface area contributed by atoms with E-state index in [-0.39, 0.29) is 0 Å². The second kappa shape index (κ2) is 10.5. The molecule has 0 spiro atoms. The van der Waals surface area contributed by atoms with E-state index in [1.165, 1.54) is 5.56 Å². The Balaban J connectivity index is 1.65. The first-order chi connectivity index (χ1) is 17.4. The van der Waals surface area contributed by atoms with E-state index in [9.17, 15) is 0 Å². The molecule has 0 bridgehead atoms. The van der Waals surface area contributed by atoms with Crippen molar-refractivity contribution in [2.24, 2.45) is 0 Å². The standard InChI is InChI=1S/C29H29Cl2N5/c1-19-9-7-12-22-26(19)33-29(34-28(22)32-15-8-16-35(2)3)23-18-36(17-20-10-5-4-6-11-20)27-21(23)13-14-24(30)25(27)31/h4-7,9-14,18H,8,15-17H2,1-3H3,(H,32,33,34). The summed E-state index contributed by atoms with van der Waals surface area (Å²) >= 11 is 13.2. The number of aryl methyl sites for hydroxylation is 1. The van der Waals surface area contributed by atoms with E-state index < -0.39 is 0 Å². The summed E-state index contributed by atoms with van der Waals surface area (Å²) in [7, 11) is 4.17. The Morgan fingerprint density at radius 1 is 0.917 bits per heavy atom. The quantitative estimate of drug-likeness (QED) is 0.219. The number of hydrogen-bond donors (Lipinski definition) is 1. The average Bonchev–Trinajstić information content (AvgIpc) is 3.23. The normalized spacial score (nSPS) is 11.6. The summed E-state index contributed by atoms with van der Waals surface area (Å²) in [5, 5.41) is 6.63. The van der Waals surface area contributed by atoms with Gasteiger partial charge in [0.25, 0.3) is 0 Å². The molecule has 0 atom stereocenters. The molecule has 0 saturated heterocycles. The third-order valence-corrected chi connectivity index (χ3v) is 7.17. The van der Waals surface area contributed by atoms with Crippen LogP contribution in [0.5, 0.6) is 0 Å². The van der Waals surface area contributed by atoms with Crippen molar-refractivity contribution in [1.82, 2.24) is 19.4 Å². The predicted molar refractivity (Wildman–Crippen MR) is 152 cm³/mol. The number of halogens is 2. The zero-order valence-corrected chi connectivity index (χ0v) is 22.2. The highest BCUT2D eigenvalue weighted by molar-refractivity contribution is 6.45. The van der Waals surface area contributed by atoms with Gasteiger partial charge in [-0.25, -0.2) is 9.97 Å². The maximum atomic E-state index is 6.75. The van der Waals surface area contributed by atoms with Crippen molar-refractivity contribution in [2.75, 3.05) is 32.5 Å². The summed E-state index contributed by atoms with van der Waals surface area (Å²) in [4.78, 5) is 12.2. The van der Waals surface area contributed by atoms with Crippen LogP contribution in [0, 0.1) is 6.92 Å². The molecule has 2 heterocycles. The Labute approximate surface area is 221 Å². The molecule has 0 fully saturated rings. The van der Waals surface area contributed by atoms with Crippen LogP contribution in [0.25, 0.3) is 33.2 Å². The lowest BCUT2D eigenvalue weighted by atomic mass is 10.1. The number of nitrogens with one attached hydrogen (secondary N) is 1. The van der Waals surface area contributed by atoms with Crippen molar-refractivity contribution in [2.45, 2.75) is 19.9 Å². The predicted octanol–water partition coefficient (Wildman–Crippen LogP) is 7.28. The Kier molecular flexibility index (Phi) is 7.15. The van der Waals surface area contributed by atoms with Crippen LogP contribution in [0.3, 0.4) is 0 Å². The zero-order valence-electron chi connectivity index (χ0n) is 20.7. The summed E-state index contributed by atoms with van der Waals surface area (Å²) in [6, 6.07) is 20.4. The number of fused-ring (bicyclic) bond motifs is 2. The van der Waals surface area contributed by atoms with Crippen molar-refractivity contribution < 1.29 is 0 Å². The molecule has 1 N–H and O–H groups in total. The molecule has 3 aromatic carbocycles. The van der Waals surface area contributed by atoms with Crippen molar-refractivity contribution in [1.29, 1.82) is 0 Å². The van der Waals surface area contributed by atoms with Crippen LogP contribution in [0.1, 0.15) is 17.5 Å². The molecule has 184 valence electrons. The molecule has 0 saturated carbocycles. The fourth-order valence-electron chi connectivity index (χ4n) is 4.56. The van der Waals surface area contributed by atoms with Crippen LogP contribution in [-0.4, -0.2) is 46.6 Å². The van der Waals surface area contributed by atoms with Gasteiger partial charge in [-0.05, 0) is 57.2 Å².